The monoisotopic (exact) mass is 340 g/mol. The van der Waals surface area contributed by atoms with Crippen molar-refractivity contribution in [1.29, 1.82) is 0 Å². The minimum atomic E-state index is -3.35. The number of nitrogens with two attached hydrogens (primary N) is 1. The van der Waals surface area contributed by atoms with E-state index in [0.717, 1.165) is 24.8 Å². The van der Waals surface area contributed by atoms with E-state index < -0.39 is 23.9 Å². The molecular formula is C18H23F3N2O. The normalized spacial score (nSPS) is 27.8. The third-order valence-electron chi connectivity index (χ3n) is 5.17. The van der Waals surface area contributed by atoms with Crippen LogP contribution in [0.15, 0.2) is 23.2 Å². The molecule has 1 fully saturated rings. The lowest BCUT2D eigenvalue weighted by atomic mass is 9.84. The third kappa shape index (κ3) is 3.16. The molecule has 0 unspecified atom stereocenters. The molecule has 3 rings (SSSR count). The lowest BCUT2D eigenvalue weighted by Gasteiger charge is -2.33. The summed E-state index contributed by atoms with van der Waals surface area (Å²) in [6.07, 6.45) is 5.46. The van der Waals surface area contributed by atoms with Crippen LogP contribution in [0.5, 0.6) is 0 Å². The van der Waals surface area contributed by atoms with Gasteiger partial charge in [-0.1, -0.05) is 37.8 Å². The summed E-state index contributed by atoms with van der Waals surface area (Å²) in [5, 5.41) is 0. The highest BCUT2D eigenvalue weighted by molar-refractivity contribution is 5.82. The molecular weight excluding hydrogens is 317 g/mol. The van der Waals surface area contributed by atoms with Crippen molar-refractivity contribution in [2.45, 2.75) is 50.5 Å². The van der Waals surface area contributed by atoms with Gasteiger partial charge in [-0.2, -0.15) is 0 Å². The van der Waals surface area contributed by atoms with Crippen LogP contribution in [0, 0.1) is 11.7 Å². The molecule has 1 aromatic rings. The van der Waals surface area contributed by atoms with E-state index in [1.807, 2.05) is 0 Å². The van der Waals surface area contributed by atoms with E-state index in [2.05, 4.69) is 4.99 Å². The molecule has 0 spiro atoms. The SMILES string of the molecule is C[C@]1(c2cc(CC3CCCC3)ccc2F)N=C(N)COCC1(F)F. The second kappa shape index (κ2) is 6.39. The summed E-state index contributed by atoms with van der Waals surface area (Å²) in [5.74, 6) is -3.54. The maximum Gasteiger partial charge on any atom is 0.299 e. The summed E-state index contributed by atoms with van der Waals surface area (Å²) >= 11 is 0. The highest BCUT2D eigenvalue weighted by Crippen LogP contribution is 2.44. The molecule has 0 radical (unpaired) electrons. The van der Waals surface area contributed by atoms with Crippen molar-refractivity contribution in [2.24, 2.45) is 16.6 Å². The summed E-state index contributed by atoms with van der Waals surface area (Å²) in [7, 11) is 0. The van der Waals surface area contributed by atoms with Crippen LogP contribution >= 0.6 is 0 Å². The van der Waals surface area contributed by atoms with Crippen molar-refractivity contribution in [3.8, 4) is 0 Å². The Morgan fingerprint density at radius 1 is 1.29 bits per heavy atom. The van der Waals surface area contributed by atoms with Crippen molar-refractivity contribution in [2.75, 3.05) is 13.2 Å². The van der Waals surface area contributed by atoms with Gasteiger partial charge >= 0.3 is 0 Å². The quantitative estimate of drug-likeness (QED) is 0.910. The van der Waals surface area contributed by atoms with Crippen LogP contribution in [0.4, 0.5) is 13.2 Å². The number of rotatable bonds is 3. The first-order chi connectivity index (χ1) is 11.3. The minimum absolute atomic E-state index is 0.0460. The summed E-state index contributed by atoms with van der Waals surface area (Å²) < 4.78 is 48.6. The van der Waals surface area contributed by atoms with E-state index in [0.29, 0.717) is 5.92 Å². The Bertz CT molecular complexity index is 641. The summed E-state index contributed by atoms with van der Waals surface area (Å²) in [5.41, 5.74) is 4.35. The molecule has 0 amide bonds. The van der Waals surface area contributed by atoms with Gasteiger partial charge in [0.1, 0.15) is 24.9 Å². The van der Waals surface area contributed by atoms with E-state index >= 15 is 0 Å². The predicted octanol–water partition coefficient (Wildman–Crippen LogP) is 3.80. The van der Waals surface area contributed by atoms with Gasteiger partial charge in [0.2, 0.25) is 0 Å². The van der Waals surface area contributed by atoms with E-state index in [4.69, 9.17) is 10.5 Å². The molecule has 1 saturated carbocycles. The largest absolute Gasteiger partial charge is 0.385 e. The van der Waals surface area contributed by atoms with Crippen molar-refractivity contribution < 1.29 is 17.9 Å². The number of benzene rings is 1. The van der Waals surface area contributed by atoms with Crippen LogP contribution in [0.1, 0.15) is 43.7 Å². The topological polar surface area (TPSA) is 47.6 Å². The number of ether oxygens (including phenoxy) is 1. The maximum absolute atomic E-state index is 14.6. The summed E-state index contributed by atoms with van der Waals surface area (Å²) in [4.78, 5) is 3.94. The van der Waals surface area contributed by atoms with Crippen molar-refractivity contribution >= 4 is 5.84 Å². The molecule has 1 aliphatic carbocycles. The first-order valence-electron chi connectivity index (χ1n) is 8.40. The van der Waals surface area contributed by atoms with Gasteiger partial charge in [-0.25, -0.2) is 13.2 Å². The van der Waals surface area contributed by atoms with Crippen LogP contribution in [-0.2, 0) is 16.7 Å². The molecule has 2 aliphatic rings. The molecule has 3 nitrogen and oxygen atoms in total. The lowest BCUT2D eigenvalue weighted by molar-refractivity contribution is -0.116. The second-order valence-corrected chi connectivity index (χ2v) is 7.04. The number of aliphatic imine (C=N–C) groups is 1. The van der Waals surface area contributed by atoms with Gasteiger partial charge in [0.05, 0.1) is 0 Å². The summed E-state index contributed by atoms with van der Waals surface area (Å²) in [6.45, 7) is 0.223. The van der Waals surface area contributed by atoms with Crippen LogP contribution < -0.4 is 5.73 Å². The van der Waals surface area contributed by atoms with Crippen molar-refractivity contribution in [3.63, 3.8) is 0 Å². The average molecular weight is 340 g/mol. The standard InChI is InChI=1S/C18H23F3N2O/c1-17(18(20,21)11-24-10-16(22)23-17)14-9-13(6-7-15(14)19)8-12-4-2-3-5-12/h6-7,9,12H,2-5,8,10-11H2,1H3,(H2,22,23)/t17-/m1/s1. The Kier molecular flexibility index (Phi) is 4.60. The fraction of sp³-hybridized carbons (Fsp3) is 0.611. The molecule has 1 aliphatic heterocycles. The van der Waals surface area contributed by atoms with Crippen LogP contribution in [-0.4, -0.2) is 25.0 Å². The molecule has 1 heterocycles. The zero-order valence-electron chi connectivity index (χ0n) is 13.8. The molecule has 24 heavy (non-hydrogen) atoms. The number of amidine groups is 1. The number of halogens is 3. The number of hydrogen-bond acceptors (Lipinski definition) is 3. The van der Waals surface area contributed by atoms with Gasteiger partial charge < -0.3 is 10.5 Å². The molecule has 1 aromatic carbocycles. The number of hydrogen-bond donors (Lipinski definition) is 1. The van der Waals surface area contributed by atoms with Crippen molar-refractivity contribution in [1.82, 2.24) is 0 Å². The van der Waals surface area contributed by atoms with E-state index in [-0.39, 0.29) is 18.0 Å². The van der Waals surface area contributed by atoms with E-state index in [9.17, 15) is 13.2 Å². The molecule has 0 bridgehead atoms. The first-order valence-corrected chi connectivity index (χ1v) is 8.40. The Balaban J connectivity index is 2.00. The fourth-order valence-electron chi connectivity index (χ4n) is 3.70. The summed E-state index contributed by atoms with van der Waals surface area (Å²) in [6, 6.07) is 4.47. The number of alkyl halides is 2. The van der Waals surface area contributed by atoms with Gasteiger partial charge in [-0.15, -0.1) is 0 Å². The zero-order valence-corrected chi connectivity index (χ0v) is 13.8. The molecule has 0 aromatic heterocycles. The average Bonchev–Trinajstić information content (AvgIpc) is 2.98. The molecule has 132 valence electrons. The minimum Gasteiger partial charge on any atom is -0.385 e. The Morgan fingerprint density at radius 3 is 2.71 bits per heavy atom. The van der Waals surface area contributed by atoms with Crippen LogP contribution in [0.3, 0.4) is 0 Å². The Morgan fingerprint density at radius 2 is 2.00 bits per heavy atom. The molecule has 6 heteroatoms. The zero-order chi connectivity index (χ0) is 17.4. The van der Waals surface area contributed by atoms with Crippen LogP contribution in [0.25, 0.3) is 0 Å². The lowest BCUT2D eigenvalue weighted by Crippen LogP contribution is -2.45. The Hall–Kier alpha value is -1.56. The third-order valence-corrected chi connectivity index (χ3v) is 5.17. The molecule has 2 N–H and O–H groups in total. The maximum atomic E-state index is 14.6. The second-order valence-electron chi connectivity index (χ2n) is 7.04. The number of nitrogens with zero attached hydrogens (tertiary/aromatic N) is 1. The smallest absolute Gasteiger partial charge is 0.299 e. The van der Waals surface area contributed by atoms with Gasteiger partial charge in [-0.3, -0.25) is 4.99 Å². The van der Waals surface area contributed by atoms with Gasteiger partial charge in [0.25, 0.3) is 5.92 Å². The highest BCUT2D eigenvalue weighted by atomic mass is 19.3. The van der Waals surface area contributed by atoms with Gasteiger partial charge in [-0.05, 0) is 30.9 Å². The fourth-order valence-corrected chi connectivity index (χ4v) is 3.70. The molecule has 0 saturated heterocycles. The molecule has 1 atom stereocenters. The van der Waals surface area contributed by atoms with E-state index in [1.54, 1.807) is 6.07 Å². The van der Waals surface area contributed by atoms with Crippen molar-refractivity contribution in [3.05, 3.63) is 35.1 Å². The predicted molar refractivity (Wildman–Crippen MR) is 86.8 cm³/mol. The van der Waals surface area contributed by atoms with Gasteiger partial charge in [0.15, 0.2) is 5.54 Å². The Labute approximate surface area is 140 Å². The first kappa shape index (κ1) is 17.3. The highest BCUT2D eigenvalue weighted by Gasteiger charge is 2.54. The van der Waals surface area contributed by atoms with E-state index in [1.165, 1.54) is 31.9 Å². The van der Waals surface area contributed by atoms with Crippen LogP contribution in [0.2, 0.25) is 0 Å². The van der Waals surface area contributed by atoms with Gasteiger partial charge in [0, 0.05) is 5.56 Å².